The maximum Gasteiger partial charge on any atom is 0.0333 e. The molecule has 3 nitrogen and oxygen atoms in total. The molecule has 3 fully saturated rings. The Hall–Kier alpha value is -0.120. The van der Waals surface area contributed by atoms with Crippen molar-refractivity contribution in [3.8, 4) is 0 Å². The molecule has 2 aliphatic carbocycles. The Kier molecular flexibility index (Phi) is 4.68. The lowest BCUT2D eigenvalue weighted by Crippen LogP contribution is -2.61. The predicted octanol–water partition coefficient (Wildman–Crippen LogP) is 2.31. The van der Waals surface area contributed by atoms with E-state index in [1.807, 2.05) is 0 Å². The molecule has 3 heteroatoms. The first-order valence-electron chi connectivity index (χ1n) is 8.93. The molecule has 0 aromatic heterocycles. The summed E-state index contributed by atoms with van der Waals surface area (Å²) in [4.78, 5) is 5.44. The quantitative estimate of drug-likeness (QED) is 0.838. The molecule has 2 N–H and O–H groups in total. The van der Waals surface area contributed by atoms with E-state index in [0.29, 0.717) is 5.54 Å². The molecule has 0 unspecified atom stereocenters. The summed E-state index contributed by atoms with van der Waals surface area (Å²) < 4.78 is 0. The lowest BCUT2D eigenvalue weighted by atomic mass is 9.74. The van der Waals surface area contributed by atoms with Crippen LogP contribution in [-0.4, -0.2) is 54.6 Å². The highest BCUT2D eigenvalue weighted by Gasteiger charge is 2.40. The van der Waals surface area contributed by atoms with E-state index >= 15 is 0 Å². The lowest BCUT2D eigenvalue weighted by Gasteiger charge is -2.50. The first-order valence-corrected chi connectivity index (χ1v) is 8.93. The van der Waals surface area contributed by atoms with Crippen LogP contribution in [0.2, 0.25) is 0 Å². The molecule has 0 spiro atoms. The molecule has 0 amide bonds. The number of nitrogens with zero attached hydrogens (tertiary/aromatic N) is 2. The molecule has 0 atom stereocenters. The summed E-state index contributed by atoms with van der Waals surface area (Å²) in [6.07, 6.45) is 9.79. The summed E-state index contributed by atoms with van der Waals surface area (Å²) in [5.74, 6) is 2.00. The largest absolute Gasteiger partial charge is 0.329 e. The minimum absolute atomic E-state index is 0.345. The van der Waals surface area contributed by atoms with Gasteiger partial charge in [-0.2, -0.15) is 0 Å². The molecule has 0 aromatic carbocycles. The summed E-state index contributed by atoms with van der Waals surface area (Å²) in [5.41, 5.74) is 6.57. The van der Waals surface area contributed by atoms with Crippen LogP contribution in [-0.2, 0) is 0 Å². The highest BCUT2D eigenvalue weighted by Crippen LogP contribution is 2.38. The Morgan fingerprint density at radius 1 is 0.950 bits per heavy atom. The van der Waals surface area contributed by atoms with Crippen LogP contribution < -0.4 is 5.73 Å². The predicted molar refractivity (Wildman–Crippen MR) is 84.8 cm³/mol. The van der Waals surface area contributed by atoms with Gasteiger partial charge < -0.3 is 10.6 Å². The normalized spacial score (nSPS) is 37.2. The minimum Gasteiger partial charge on any atom is -0.329 e. The van der Waals surface area contributed by atoms with Crippen LogP contribution in [0.15, 0.2) is 0 Å². The highest BCUT2D eigenvalue weighted by molar-refractivity contribution is 4.97. The van der Waals surface area contributed by atoms with Gasteiger partial charge in [0.2, 0.25) is 0 Å². The van der Waals surface area contributed by atoms with Crippen LogP contribution in [0.1, 0.15) is 51.9 Å². The second-order valence-corrected chi connectivity index (χ2v) is 7.51. The number of nitrogens with two attached hydrogens (primary N) is 1. The maximum atomic E-state index is 6.23. The van der Waals surface area contributed by atoms with Crippen molar-refractivity contribution in [1.82, 2.24) is 9.80 Å². The Morgan fingerprint density at radius 2 is 1.60 bits per heavy atom. The third-order valence-corrected chi connectivity index (χ3v) is 6.25. The summed E-state index contributed by atoms with van der Waals surface area (Å²) >= 11 is 0. The fourth-order valence-electron chi connectivity index (χ4n) is 4.34. The Bertz CT molecular complexity index is 297. The molecule has 2 saturated carbocycles. The molecule has 1 saturated heterocycles. The average molecular weight is 279 g/mol. The number of hydrogen-bond donors (Lipinski definition) is 1. The van der Waals surface area contributed by atoms with Gasteiger partial charge in [-0.25, -0.2) is 0 Å². The second kappa shape index (κ2) is 6.33. The molecular formula is C17H33N3. The van der Waals surface area contributed by atoms with Gasteiger partial charge in [0.25, 0.3) is 0 Å². The van der Waals surface area contributed by atoms with Gasteiger partial charge in [0.15, 0.2) is 0 Å². The van der Waals surface area contributed by atoms with Gasteiger partial charge in [-0.1, -0.05) is 13.3 Å². The third-order valence-electron chi connectivity index (χ3n) is 6.25. The molecule has 116 valence electrons. The second-order valence-electron chi connectivity index (χ2n) is 7.51. The fourth-order valence-corrected chi connectivity index (χ4v) is 4.34. The van der Waals surface area contributed by atoms with E-state index < -0.39 is 0 Å². The molecule has 3 rings (SSSR count). The monoisotopic (exact) mass is 279 g/mol. The minimum atomic E-state index is 0.345. The van der Waals surface area contributed by atoms with Crippen molar-refractivity contribution < 1.29 is 0 Å². The average Bonchev–Trinajstić information content (AvgIpc) is 3.32. The molecule has 20 heavy (non-hydrogen) atoms. The molecular weight excluding hydrogens is 246 g/mol. The maximum absolute atomic E-state index is 6.23. The van der Waals surface area contributed by atoms with E-state index in [1.54, 1.807) is 0 Å². The zero-order chi connectivity index (χ0) is 14.0. The number of piperazine rings is 1. The van der Waals surface area contributed by atoms with Crippen molar-refractivity contribution in [2.45, 2.75) is 57.4 Å². The summed E-state index contributed by atoms with van der Waals surface area (Å²) in [6, 6.07) is 0. The van der Waals surface area contributed by atoms with E-state index in [-0.39, 0.29) is 0 Å². The van der Waals surface area contributed by atoms with Crippen LogP contribution in [0.4, 0.5) is 0 Å². The van der Waals surface area contributed by atoms with Crippen LogP contribution in [0.5, 0.6) is 0 Å². The van der Waals surface area contributed by atoms with E-state index in [0.717, 1.165) is 18.4 Å². The zero-order valence-electron chi connectivity index (χ0n) is 13.3. The van der Waals surface area contributed by atoms with Crippen LogP contribution in [0.3, 0.4) is 0 Å². The third kappa shape index (κ3) is 3.20. The fraction of sp³-hybridized carbons (Fsp3) is 1.00. The van der Waals surface area contributed by atoms with Crippen LogP contribution >= 0.6 is 0 Å². The smallest absolute Gasteiger partial charge is 0.0333 e. The van der Waals surface area contributed by atoms with E-state index in [1.165, 1.54) is 77.7 Å². The SMILES string of the molecule is CCC1CCC(CN)(N2CCN(CC3CC3)CC2)CC1. The van der Waals surface area contributed by atoms with Gasteiger partial charge in [0, 0.05) is 44.8 Å². The van der Waals surface area contributed by atoms with Crippen LogP contribution in [0, 0.1) is 11.8 Å². The number of hydrogen-bond acceptors (Lipinski definition) is 3. The van der Waals surface area contributed by atoms with Crippen molar-refractivity contribution in [2.75, 3.05) is 39.3 Å². The Morgan fingerprint density at radius 3 is 2.10 bits per heavy atom. The van der Waals surface area contributed by atoms with Crippen molar-refractivity contribution in [2.24, 2.45) is 17.6 Å². The van der Waals surface area contributed by atoms with Gasteiger partial charge in [0.05, 0.1) is 0 Å². The molecule has 0 aromatic rings. The van der Waals surface area contributed by atoms with Gasteiger partial charge in [-0.05, 0) is 50.4 Å². The molecule has 0 bridgehead atoms. The van der Waals surface area contributed by atoms with E-state index in [2.05, 4.69) is 16.7 Å². The van der Waals surface area contributed by atoms with Gasteiger partial charge in [-0.15, -0.1) is 0 Å². The summed E-state index contributed by atoms with van der Waals surface area (Å²) in [6.45, 7) is 9.62. The van der Waals surface area contributed by atoms with Crippen molar-refractivity contribution in [1.29, 1.82) is 0 Å². The van der Waals surface area contributed by atoms with E-state index in [9.17, 15) is 0 Å². The first-order chi connectivity index (χ1) is 9.75. The number of rotatable bonds is 5. The lowest BCUT2D eigenvalue weighted by molar-refractivity contribution is 0.00242. The Labute approximate surface area is 124 Å². The highest BCUT2D eigenvalue weighted by atomic mass is 15.3. The summed E-state index contributed by atoms with van der Waals surface area (Å²) in [7, 11) is 0. The van der Waals surface area contributed by atoms with Crippen molar-refractivity contribution in [3.63, 3.8) is 0 Å². The summed E-state index contributed by atoms with van der Waals surface area (Å²) in [5, 5.41) is 0. The standard InChI is InChI=1S/C17H33N3/c1-2-15-5-7-17(14-18,8-6-15)20-11-9-19(10-12-20)13-16-3-4-16/h15-16H,2-14,18H2,1H3. The Balaban J connectivity index is 1.52. The van der Waals surface area contributed by atoms with Crippen LogP contribution in [0.25, 0.3) is 0 Å². The van der Waals surface area contributed by atoms with E-state index in [4.69, 9.17) is 5.73 Å². The molecule has 3 aliphatic rings. The molecule has 0 radical (unpaired) electrons. The zero-order valence-corrected chi connectivity index (χ0v) is 13.3. The van der Waals surface area contributed by atoms with Crippen molar-refractivity contribution >= 4 is 0 Å². The topological polar surface area (TPSA) is 32.5 Å². The van der Waals surface area contributed by atoms with Gasteiger partial charge >= 0.3 is 0 Å². The molecule has 1 aliphatic heterocycles. The van der Waals surface area contributed by atoms with Gasteiger partial charge in [-0.3, -0.25) is 4.90 Å². The van der Waals surface area contributed by atoms with Crippen molar-refractivity contribution in [3.05, 3.63) is 0 Å². The first kappa shape index (κ1) is 14.8. The van der Waals surface area contributed by atoms with Gasteiger partial charge in [0.1, 0.15) is 0 Å². The molecule has 1 heterocycles.